The third-order valence-electron chi connectivity index (χ3n) is 3.13. The molecular weight excluding hydrogens is 244 g/mol. The van der Waals surface area contributed by atoms with Gasteiger partial charge >= 0.3 is 5.97 Å². The van der Waals surface area contributed by atoms with Crippen LogP contribution in [0.5, 0.6) is 0 Å². The minimum Gasteiger partial charge on any atom is -0.480 e. The molecule has 0 radical (unpaired) electrons. The van der Waals surface area contributed by atoms with E-state index >= 15 is 0 Å². The topological polar surface area (TPSA) is 82.2 Å². The minimum absolute atomic E-state index is 0.350. The first kappa shape index (κ1) is 13.1. The zero-order valence-corrected chi connectivity index (χ0v) is 10.9. The van der Waals surface area contributed by atoms with Crippen molar-refractivity contribution in [1.82, 2.24) is 10.3 Å². The zero-order valence-electron chi connectivity index (χ0n) is 10.9. The molecule has 0 spiro atoms. The molecule has 0 fully saturated rings. The summed E-state index contributed by atoms with van der Waals surface area (Å²) >= 11 is 0. The van der Waals surface area contributed by atoms with Crippen LogP contribution in [-0.4, -0.2) is 28.0 Å². The first-order valence-corrected chi connectivity index (χ1v) is 6.15. The van der Waals surface area contributed by atoms with Crippen LogP contribution in [0.2, 0.25) is 0 Å². The number of aliphatic carboxylic acids is 1. The third kappa shape index (κ3) is 2.45. The van der Waals surface area contributed by atoms with E-state index in [-0.39, 0.29) is 5.91 Å². The molecule has 1 heterocycles. The van der Waals surface area contributed by atoms with Gasteiger partial charge in [0.1, 0.15) is 6.04 Å². The molecule has 3 N–H and O–H groups in total. The number of hydrogen-bond acceptors (Lipinski definition) is 2. The summed E-state index contributed by atoms with van der Waals surface area (Å²) in [7, 11) is 0. The molecule has 2 rings (SSSR count). The average Bonchev–Trinajstić information content (AvgIpc) is 2.71. The number of carboxylic acid groups (broad SMARTS) is 1. The Kier molecular flexibility index (Phi) is 3.55. The predicted octanol–water partition coefficient (Wildman–Crippen LogP) is 2.07. The van der Waals surface area contributed by atoms with Crippen LogP contribution >= 0.6 is 0 Å². The molecule has 1 aromatic carbocycles. The minimum atomic E-state index is -1.02. The van der Waals surface area contributed by atoms with Gasteiger partial charge in [0.05, 0.1) is 5.56 Å². The summed E-state index contributed by atoms with van der Waals surface area (Å²) in [6, 6.07) is 6.59. The second kappa shape index (κ2) is 5.14. The number of carbonyl (C=O) groups excluding carboxylic acids is 1. The first-order chi connectivity index (χ1) is 9.04. The Morgan fingerprint density at radius 1 is 1.37 bits per heavy atom. The van der Waals surface area contributed by atoms with E-state index in [0.29, 0.717) is 12.0 Å². The largest absolute Gasteiger partial charge is 0.480 e. The van der Waals surface area contributed by atoms with Crippen LogP contribution < -0.4 is 5.32 Å². The van der Waals surface area contributed by atoms with Crippen LogP contribution in [-0.2, 0) is 4.79 Å². The van der Waals surface area contributed by atoms with Gasteiger partial charge in [-0.3, -0.25) is 4.79 Å². The van der Waals surface area contributed by atoms with Crippen molar-refractivity contribution in [1.29, 1.82) is 0 Å². The lowest BCUT2D eigenvalue weighted by Crippen LogP contribution is -2.40. The number of aromatic amines is 1. The number of hydrogen-bond donors (Lipinski definition) is 3. The van der Waals surface area contributed by atoms with Gasteiger partial charge in [-0.1, -0.05) is 25.1 Å². The number of aromatic nitrogens is 1. The molecule has 100 valence electrons. The molecule has 1 amide bonds. The highest BCUT2D eigenvalue weighted by Gasteiger charge is 2.22. The number of benzene rings is 1. The Labute approximate surface area is 110 Å². The molecule has 0 saturated heterocycles. The molecule has 0 aliphatic rings. The van der Waals surface area contributed by atoms with Crippen LogP contribution in [0.1, 0.15) is 29.4 Å². The molecule has 19 heavy (non-hydrogen) atoms. The number of carboxylic acids is 1. The van der Waals surface area contributed by atoms with E-state index in [9.17, 15) is 9.59 Å². The second-order valence-electron chi connectivity index (χ2n) is 4.44. The number of nitrogens with one attached hydrogen (secondary N) is 2. The van der Waals surface area contributed by atoms with Gasteiger partial charge in [0.15, 0.2) is 0 Å². The molecule has 0 aliphatic carbocycles. The van der Waals surface area contributed by atoms with Crippen molar-refractivity contribution < 1.29 is 14.7 Å². The Bertz CT molecular complexity index is 631. The Morgan fingerprint density at radius 2 is 2.05 bits per heavy atom. The van der Waals surface area contributed by atoms with Gasteiger partial charge in [0.2, 0.25) is 0 Å². The van der Waals surface area contributed by atoms with Crippen molar-refractivity contribution in [2.24, 2.45) is 0 Å². The quantitative estimate of drug-likeness (QED) is 0.787. The van der Waals surface area contributed by atoms with E-state index in [4.69, 9.17) is 5.11 Å². The summed E-state index contributed by atoms with van der Waals surface area (Å²) in [5.74, 6) is -1.38. The van der Waals surface area contributed by atoms with E-state index in [1.807, 2.05) is 24.3 Å². The number of H-pyrrole nitrogens is 1. The van der Waals surface area contributed by atoms with E-state index in [1.54, 1.807) is 13.8 Å². The predicted molar refractivity (Wildman–Crippen MR) is 72.2 cm³/mol. The van der Waals surface area contributed by atoms with Crippen molar-refractivity contribution in [2.75, 3.05) is 0 Å². The van der Waals surface area contributed by atoms with Crippen LogP contribution in [0.3, 0.4) is 0 Å². The lowest BCUT2D eigenvalue weighted by molar-refractivity contribution is -0.139. The van der Waals surface area contributed by atoms with E-state index in [0.717, 1.165) is 16.6 Å². The SMILES string of the molecule is CC[C@@H](NC(=O)c1c(C)[nH]c2ccccc12)C(=O)O. The number of amides is 1. The van der Waals surface area contributed by atoms with Gasteiger partial charge in [-0.15, -0.1) is 0 Å². The molecule has 0 saturated carbocycles. The highest BCUT2D eigenvalue weighted by atomic mass is 16.4. The smallest absolute Gasteiger partial charge is 0.326 e. The standard InChI is InChI=1S/C14H16N2O3/c1-3-10(14(18)19)16-13(17)12-8(2)15-11-7-5-4-6-9(11)12/h4-7,10,15H,3H2,1-2H3,(H,16,17)(H,18,19)/t10-/m1/s1. The third-order valence-corrected chi connectivity index (χ3v) is 3.13. The molecule has 0 aliphatic heterocycles. The fourth-order valence-electron chi connectivity index (χ4n) is 2.14. The number of rotatable bonds is 4. The number of para-hydroxylation sites is 1. The maximum absolute atomic E-state index is 12.2. The van der Waals surface area contributed by atoms with E-state index < -0.39 is 12.0 Å². The molecular formula is C14H16N2O3. The van der Waals surface area contributed by atoms with Crippen LogP contribution in [0, 0.1) is 6.92 Å². The Morgan fingerprint density at radius 3 is 2.68 bits per heavy atom. The van der Waals surface area contributed by atoms with Crippen LogP contribution in [0.15, 0.2) is 24.3 Å². The maximum atomic E-state index is 12.2. The van der Waals surface area contributed by atoms with Crippen molar-refractivity contribution in [2.45, 2.75) is 26.3 Å². The number of aryl methyl sites for hydroxylation is 1. The summed E-state index contributed by atoms with van der Waals surface area (Å²) < 4.78 is 0. The highest BCUT2D eigenvalue weighted by Crippen LogP contribution is 2.21. The Balaban J connectivity index is 2.36. The summed E-state index contributed by atoms with van der Waals surface area (Å²) in [4.78, 5) is 26.3. The lowest BCUT2D eigenvalue weighted by atomic mass is 10.1. The monoisotopic (exact) mass is 260 g/mol. The van der Waals surface area contributed by atoms with Crippen molar-refractivity contribution >= 4 is 22.8 Å². The van der Waals surface area contributed by atoms with E-state index in [1.165, 1.54) is 0 Å². The molecule has 1 aromatic heterocycles. The van der Waals surface area contributed by atoms with Crippen LogP contribution in [0.25, 0.3) is 10.9 Å². The van der Waals surface area contributed by atoms with Crippen molar-refractivity contribution in [3.63, 3.8) is 0 Å². The molecule has 5 nitrogen and oxygen atoms in total. The van der Waals surface area contributed by atoms with Crippen LogP contribution in [0.4, 0.5) is 0 Å². The average molecular weight is 260 g/mol. The van der Waals surface area contributed by atoms with Gasteiger partial charge in [0.25, 0.3) is 5.91 Å². The summed E-state index contributed by atoms with van der Waals surface area (Å²) in [6.07, 6.45) is 0.350. The normalized spacial score (nSPS) is 12.3. The second-order valence-corrected chi connectivity index (χ2v) is 4.44. The fourth-order valence-corrected chi connectivity index (χ4v) is 2.14. The lowest BCUT2D eigenvalue weighted by Gasteiger charge is -2.12. The highest BCUT2D eigenvalue weighted by molar-refractivity contribution is 6.08. The van der Waals surface area contributed by atoms with E-state index in [2.05, 4.69) is 10.3 Å². The Hall–Kier alpha value is -2.30. The molecule has 2 aromatic rings. The fraction of sp³-hybridized carbons (Fsp3) is 0.286. The molecule has 1 atom stereocenters. The number of carbonyl (C=O) groups is 2. The van der Waals surface area contributed by atoms with Gasteiger partial charge in [-0.05, 0) is 19.4 Å². The molecule has 0 bridgehead atoms. The van der Waals surface area contributed by atoms with Gasteiger partial charge in [-0.2, -0.15) is 0 Å². The van der Waals surface area contributed by atoms with Gasteiger partial charge < -0.3 is 15.4 Å². The summed E-state index contributed by atoms with van der Waals surface area (Å²) in [5.41, 5.74) is 2.11. The van der Waals surface area contributed by atoms with Crippen molar-refractivity contribution in [3.05, 3.63) is 35.5 Å². The van der Waals surface area contributed by atoms with Gasteiger partial charge in [-0.25, -0.2) is 4.79 Å². The van der Waals surface area contributed by atoms with Crippen molar-refractivity contribution in [3.8, 4) is 0 Å². The van der Waals surface area contributed by atoms with Gasteiger partial charge in [0, 0.05) is 16.6 Å². The molecule has 5 heteroatoms. The molecule has 0 unspecified atom stereocenters. The first-order valence-electron chi connectivity index (χ1n) is 6.15. The maximum Gasteiger partial charge on any atom is 0.326 e. The zero-order chi connectivity index (χ0) is 14.0. The summed E-state index contributed by atoms with van der Waals surface area (Å²) in [5, 5.41) is 12.3. The summed E-state index contributed by atoms with van der Waals surface area (Å²) in [6.45, 7) is 3.53. The number of fused-ring (bicyclic) bond motifs is 1.